The first kappa shape index (κ1) is 15.9. The summed E-state index contributed by atoms with van der Waals surface area (Å²) in [4.78, 5) is 2.42. The van der Waals surface area contributed by atoms with E-state index in [1.165, 1.54) is 15.4 Å². The Morgan fingerprint density at radius 2 is 1.90 bits per heavy atom. The van der Waals surface area contributed by atoms with Crippen molar-refractivity contribution in [1.29, 1.82) is 0 Å². The second-order valence-electron chi connectivity index (χ2n) is 4.68. The highest BCUT2D eigenvalue weighted by molar-refractivity contribution is 9.10. The molecule has 106 valence electrons. The van der Waals surface area contributed by atoms with E-state index in [0.717, 1.165) is 22.3 Å². The Bertz CT molecular complexity index is 571. The smallest absolute Gasteiger partial charge is 0.0406 e. The quantitative estimate of drug-likeness (QED) is 0.748. The van der Waals surface area contributed by atoms with E-state index in [1.807, 2.05) is 24.3 Å². The van der Waals surface area contributed by atoms with Crippen molar-refractivity contribution in [2.75, 3.05) is 0 Å². The summed E-state index contributed by atoms with van der Waals surface area (Å²) in [6.07, 6.45) is 1.89. The number of benzene rings is 2. The standard InChI is InChI=1S/C16H17BrClNS/c1-2-14(19)9-11-3-4-12(17)10-16(11)20-15-7-5-13(18)6-8-15/h3-8,10,14H,2,9,19H2,1H3. The number of halogens is 2. The fraction of sp³-hybridized carbons (Fsp3) is 0.250. The van der Waals surface area contributed by atoms with Crippen molar-refractivity contribution in [3.05, 3.63) is 57.5 Å². The topological polar surface area (TPSA) is 26.0 Å². The molecule has 0 bridgehead atoms. The van der Waals surface area contributed by atoms with E-state index in [4.69, 9.17) is 17.3 Å². The molecule has 0 spiro atoms. The fourth-order valence-corrected chi connectivity index (χ4v) is 3.48. The van der Waals surface area contributed by atoms with Crippen LogP contribution in [0, 0.1) is 0 Å². The summed E-state index contributed by atoms with van der Waals surface area (Å²) < 4.78 is 1.09. The maximum absolute atomic E-state index is 6.09. The third-order valence-corrected chi connectivity index (χ3v) is 4.93. The Hall–Kier alpha value is -0.480. The van der Waals surface area contributed by atoms with E-state index < -0.39 is 0 Å². The van der Waals surface area contributed by atoms with Crippen LogP contribution in [0.25, 0.3) is 0 Å². The monoisotopic (exact) mass is 369 g/mol. The molecule has 20 heavy (non-hydrogen) atoms. The molecule has 0 aliphatic carbocycles. The van der Waals surface area contributed by atoms with Crippen LogP contribution in [0.4, 0.5) is 0 Å². The average Bonchev–Trinajstić information content (AvgIpc) is 2.44. The van der Waals surface area contributed by atoms with E-state index in [-0.39, 0.29) is 6.04 Å². The van der Waals surface area contributed by atoms with Crippen LogP contribution in [0.5, 0.6) is 0 Å². The molecule has 4 heteroatoms. The van der Waals surface area contributed by atoms with Gasteiger partial charge < -0.3 is 5.73 Å². The van der Waals surface area contributed by atoms with Crippen LogP contribution in [0.1, 0.15) is 18.9 Å². The van der Waals surface area contributed by atoms with Gasteiger partial charge in [-0.05, 0) is 54.8 Å². The third-order valence-electron chi connectivity index (χ3n) is 3.08. The van der Waals surface area contributed by atoms with Crippen LogP contribution < -0.4 is 5.73 Å². The summed E-state index contributed by atoms with van der Waals surface area (Å²) >= 11 is 11.2. The minimum Gasteiger partial charge on any atom is -0.327 e. The molecule has 2 aromatic rings. The molecule has 2 N–H and O–H groups in total. The van der Waals surface area contributed by atoms with Crippen molar-refractivity contribution >= 4 is 39.3 Å². The minimum absolute atomic E-state index is 0.209. The van der Waals surface area contributed by atoms with Gasteiger partial charge in [0.15, 0.2) is 0 Å². The van der Waals surface area contributed by atoms with Crippen LogP contribution in [-0.4, -0.2) is 6.04 Å². The zero-order valence-electron chi connectivity index (χ0n) is 11.3. The van der Waals surface area contributed by atoms with Crippen molar-refractivity contribution < 1.29 is 0 Å². The van der Waals surface area contributed by atoms with Gasteiger partial charge >= 0.3 is 0 Å². The second-order valence-corrected chi connectivity index (χ2v) is 7.15. The van der Waals surface area contributed by atoms with E-state index in [0.29, 0.717) is 0 Å². The molecule has 0 amide bonds. The SMILES string of the molecule is CCC(N)Cc1ccc(Br)cc1Sc1ccc(Cl)cc1. The van der Waals surface area contributed by atoms with E-state index in [9.17, 15) is 0 Å². The summed E-state index contributed by atoms with van der Waals surface area (Å²) in [5.74, 6) is 0. The molecule has 1 unspecified atom stereocenters. The van der Waals surface area contributed by atoms with Gasteiger partial charge in [-0.15, -0.1) is 0 Å². The lowest BCUT2D eigenvalue weighted by atomic mass is 10.1. The third kappa shape index (κ3) is 4.52. The van der Waals surface area contributed by atoms with Gasteiger partial charge in [0.2, 0.25) is 0 Å². The zero-order chi connectivity index (χ0) is 14.5. The number of rotatable bonds is 5. The van der Waals surface area contributed by atoms with Crippen LogP contribution in [-0.2, 0) is 6.42 Å². The molecule has 1 atom stereocenters. The lowest BCUT2D eigenvalue weighted by Gasteiger charge is -2.13. The summed E-state index contributed by atoms with van der Waals surface area (Å²) in [5.41, 5.74) is 7.38. The van der Waals surface area contributed by atoms with Crippen LogP contribution in [0.15, 0.2) is 56.7 Å². The highest BCUT2D eigenvalue weighted by Gasteiger charge is 2.09. The summed E-state index contributed by atoms with van der Waals surface area (Å²) in [6.45, 7) is 2.12. The van der Waals surface area contributed by atoms with Gasteiger partial charge in [-0.2, -0.15) is 0 Å². The van der Waals surface area contributed by atoms with Gasteiger partial charge in [0.1, 0.15) is 0 Å². The normalized spacial score (nSPS) is 12.4. The Kier molecular flexibility index (Phi) is 5.97. The predicted octanol–water partition coefficient (Wildman–Crippen LogP) is 5.53. The van der Waals surface area contributed by atoms with Crippen LogP contribution in [0.2, 0.25) is 5.02 Å². The largest absolute Gasteiger partial charge is 0.327 e. The minimum atomic E-state index is 0.209. The fourth-order valence-electron chi connectivity index (χ4n) is 1.85. The summed E-state index contributed by atoms with van der Waals surface area (Å²) in [6, 6.07) is 14.5. The lowest BCUT2D eigenvalue weighted by Crippen LogP contribution is -2.21. The second kappa shape index (κ2) is 7.51. The Morgan fingerprint density at radius 3 is 2.55 bits per heavy atom. The van der Waals surface area contributed by atoms with Crippen LogP contribution in [0.3, 0.4) is 0 Å². The molecule has 1 nitrogen and oxygen atoms in total. The number of hydrogen-bond donors (Lipinski definition) is 1. The van der Waals surface area contributed by atoms with E-state index in [1.54, 1.807) is 11.8 Å². The molecular weight excluding hydrogens is 354 g/mol. The maximum Gasteiger partial charge on any atom is 0.0406 e. The first-order chi connectivity index (χ1) is 9.58. The molecule has 0 aromatic heterocycles. The lowest BCUT2D eigenvalue weighted by molar-refractivity contribution is 0.641. The maximum atomic E-state index is 6.09. The Labute approximate surface area is 138 Å². The van der Waals surface area contributed by atoms with Gasteiger partial charge in [0.25, 0.3) is 0 Å². The predicted molar refractivity (Wildman–Crippen MR) is 91.7 cm³/mol. The van der Waals surface area contributed by atoms with Gasteiger partial charge in [-0.1, -0.05) is 52.3 Å². The Balaban J connectivity index is 2.24. The molecule has 2 aromatic carbocycles. The molecule has 0 aliphatic heterocycles. The summed E-state index contributed by atoms with van der Waals surface area (Å²) in [5, 5.41) is 0.761. The number of nitrogens with two attached hydrogens (primary N) is 1. The van der Waals surface area contributed by atoms with Gasteiger partial charge in [-0.25, -0.2) is 0 Å². The molecule has 2 rings (SSSR count). The molecule has 0 aliphatic rings. The molecule has 0 heterocycles. The molecule has 0 saturated heterocycles. The van der Waals surface area contributed by atoms with Gasteiger partial charge in [0, 0.05) is 25.3 Å². The van der Waals surface area contributed by atoms with Crippen molar-refractivity contribution in [3.63, 3.8) is 0 Å². The van der Waals surface area contributed by atoms with Crippen molar-refractivity contribution in [2.24, 2.45) is 5.73 Å². The van der Waals surface area contributed by atoms with Gasteiger partial charge in [-0.3, -0.25) is 0 Å². The van der Waals surface area contributed by atoms with E-state index >= 15 is 0 Å². The average molecular weight is 371 g/mol. The number of hydrogen-bond acceptors (Lipinski definition) is 2. The van der Waals surface area contributed by atoms with E-state index in [2.05, 4.69) is 41.1 Å². The van der Waals surface area contributed by atoms with Crippen molar-refractivity contribution in [3.8, 4) is 0 Å². The molecule has 0 radical (unpaired) electrons. The van der Waals surface area contributed by atoms with Crippen LogP contribution >= 0.6 is 39.3 Å². The first-order valence-electron chi connectivity index (χ1n) is 6.56. The van der Waals surface area contributed by atoms with Crippen molar-refractivity contribution in [1.82, 2.24) is 0 Å². The van der Waals surface area contributed by atoms with Gasteiger partial charge in [0.05, 0.1) is 0 Å². The Morgan fingerprint density at radius 1 is 1.20 bits per heavy atom. The summed E-state index contributed by atoms with van der Waals surface area (Å²) in [7, 11) is 0. The van der Waals surface area contributed by atoms with Crippen molar-refractivity contribution in [2.45, 2.75) is 35.6 Å². The zero-order valence-corrected chi connectivity index (χ0v) is 14.4. The molecular formula is C16H17BrClNS. The highest BCUT2D eigenvalue weighted by Crippen LogP contribution is 2.33. The highest BCUT2D eigenvalue weighted by atomic mass is 79.9. The molecule has 0 saturated carbocycles. The molecule has 0 fully saturated rings. The first-order valence-corrected chi connectivity index (χ1v) is 8.54.